The van der Waals surface area contributed by atoms with Gasteiger partial charge in [0.2, 0.25) is 0 Å². The van der Waals surface area contributed by atoms with Crippen LogP contribution in [0.3, 0.4) is 0 Å². The second-order valence-corrected chi connectivity index (χ2v) is 5.67. The third kappa shape index (κ3) is 4.74. The van der Waals surface area contributed by atoms with Gasteiger partial charge in [-0.3, -0.25) is 10.1 Å². The van der Waals surface area contributed by atoms with E-state index in [9.17, 15) is 10.1 Å². The molecule has 0 saturated heterocycles. The van der Waals surface area contributed by atoms with E-state index in [0.29, 0.717) is 18.2 Å². The summed E-state index contributed by atoms with van der Waals surface area (Å²) in [4.78, 5) is 11.2. The van der Waals surface area contributed by atoms with E-state index in [4.69, 9.17) is 16.3 Å². The minimum atomic E-state index is -0.409. The number of benzene rings is 1. The lowest BCUT2D eigenvalue weighted by atomic mass is 10.3. The third-order valence-corrected chi connectivity index (χ3v) is 3.83. The molecule has 0 heterocycles. The van der Waals surface area contributed by atoms with E-state index < -0.39 is 4.92 Å². The Bertz CT molecular complexity index is 414. The second-order valence-electron chi connectivity index (χ2n) is 3.85. The maximum absolute atomic E-state index is 10.8. The smallest absolute Gasteiger partial charge is 0.274 e. The fourth-order valence-electron chi connectivity index (χ4n) is 1.30. The van der Waals surface area contributed by atoms with Gasteiger partial charge in [-0.25, -0.2) is 0 Å². The number of ether oxygens (including phenoxy) is 1. The highest BCUT2D eigenvalue weighted by atomic mass is 35.5. The number of non-ortho nitro benzene ring substituents is 1. The lowest BCUT2D eigenvalue weighted by molar-refractivity contribution is -0.385. The van der Waals surface area contributed by atoms with Crippen LogP contribution in [0.4, 0.5) is 5.69 Å². The van der Waals surface area contributed by atoms with E-state index in [0.717, 1.165) is 11.3 Å². The SMILES string of the molecule is CCCOc1cc(SC(C)CCl)cc([N+](=O)[O-])c1. The summed E-state index contributed by atoms with van der Waals surface area (Å²) in [6.45, 7) is 4.52. The summed E-state index contributed by atoms with van der Waals surface area (Å²) in [7, 11) is 0. The number of nitro benzene ring substituents is 1. The summed E-state index contributed by atoms with van der Waals surface area (Å²) in [5.74, 6) is 1.04. The molecular formula is C12H16ClNO3S. The van der Waals surface area contributed by atoms with Gasteiger partial charge in [0.25, 0.3) is 5.69 Å². The molecule has 4 nitrogen and oxygen atoms in total. The summed E-state index contributed by atoms with van der Waals surface area (Å²) in [6.07, 6.45) is 0.864. The molecule has 0 amide bonds. The van der Waals surface area contributed by atoms with Crippen LogP contribution in [0.25, 0.3) is 0 Å². The van der Waals surface area contributed by atoms with E-state index in [1.165, 1.54) is 17.8 Å². The predicted molar refractivity (Wildman–Crippen MR) is 74.9 cm³/mol. The van der Waals surface area contributed by atoms with Crippen molar-refractivity contribution in [3.05, 3.63) is 28.3 Å². The van der Waals surface area contributed by atoms with Gasteiger partial charge in [-0.05, 0) is 12.5 Å². The van der Waals surface area contributed by atoms with Crippen molar-refractivity contribution in [1.82, 2.24) is 0 Å². The molecule has 0 saturated carbocycles. The van der Waals surface area contributed by atoms with E-state index in [1.54, 1.807) is 6.07 Å². The molecule has 1 rings (SSSR count). The first-order chi connectivity index (χ1) is 8.56. The fraction of sp³-hybridized carbons (Fsp3) is 0.500. The maximum Gasteiger partial charge on any atom is 0.274 e. The van der Waals surface area contributed by atoms with Gasteiger partial charge in [0, 0.05) is 22.1 Å². The Morgan fingerprint density at radius 1 is 1.50 bits per heavy atom. The van der Waals surface area contributed by atoms with E-state index in [1.807, 2.05) is 19.9 Å². The number of nitrogens with zero attached hydrogens (tertiary/aromatic N) is 1. The molecule has 1 atom stereocenters. The van der Waals surface area contributed by atoms with Crippen LogP contribution in [0, 0.1) is 10.1 Å². The number of hydrogen-bond acceptors (Lipinski definition) is 4. The van der Waals surface area contributed by atoms with Crippen LogP contribution in [-0.4, -0.2) is 22.7 Å². The Labute approximate surface area is 116 Å². The van der Waals surface area contributed by atoms with Crippen molar-refractivity contribution in [2.45, 2.75) is 30.4 Å². The van der Waals surface area contributed by atoms with Crippen LogP contribution in [0.5, 0.6) is 5.75 Å². The van der Waals surface area contributed by atoms with Gasteiger partial charge in [0.15, 0.2) is 0 Å². The summed E-state index contributed by atoms with van der Waals surface area (Å²) in [5.41, 5.74) is 0.0490. The van der Waals surface area contributed by atoms with Crippen LogP contribution in [0.2, 0.25) is 0 Å². The Balaban J connectivity index is 2.94. The van der Waals surface area contributed by atoms with Crippen LogP contribution in [-0.2, 0) is 0 Å². The highest BCUT2D eigenvalue weighted by Gasteiger charge is 2.12. The normalized spacial score (nSPS) is 12.2. The summed E-state index contributed by atoms with van der Waals surface area (Å²) >= 11 is 7.25. The number of rotatable bonds is 7. The first kappa shape index (κ1) is 15.1. The lowest BCUT2D eigenvalue weighted by Gasteiger charge is -2.10. The Morgan fingerprint density at radius 3 is 2.78 bits per heavy atom. The van der Waals surface area contributed by atoms with Gasteiger partial charge >= 0.3 is 0 Å². The zero-order valence-corrected chi connectivity index (χ0v) is 12.0. The van der Waals surface area contributed by atoms with Gasteiger partial charge in [-0.1, -0.05) is 13.8 Å². The molecule has 0 N–H and O–H groups in total. The summed E-state index contributed by atoms with van der Waals surface area (Å²) in [6, 6.07) is 4.81. The Hall–Kier alpha value is -0.940. The van der Waals surface area contributed by atoms with Crippen LogP contribution >= 0.6 is 23.4 Å². The number of halogens is 1. The minimum absolute atomic E-state index is 0.0490. The van der Waals surface area contributed by atoms with Crippen molar-refractivity contribution >= 4 is 29.1 Å². The Kier molecular flexibility index (Phi) is 6.29. The first-order valence-electron chi connectivity index (χ1n) is 5.71. The molecule has 0 radical (unpaired) electrons. The number of hydrogen-bond donors (Lipinski definition) is 0. The monoisotopic (exact) mass is 289 g/mol. The van der Waals surface area contributed by atoms with Crippen molar-refractivity contribution in [2.75, 3.05) is 12.5 Å². The van der Waals surface area contributed by atoms with Gasteiger partial charge < -0.3 is 4.74 Å². The zero-order chi connectivity index (χ0) is 13.5. The summed E-state index contributed by atoms with van der Waals surface area (Å²) in [5, 5.41) is 11.1. The van der Waals surface area contributed by atoms with Crippen LogP contribution < -0.4 is 4.74 Å². The van der Waals surface area contributed by atoms with E-state index in [-0.39, 0.29) is 10.9 Å². The average Bonchev–Trinajstić information content (AvgIpc) is 2.35. The molecule has 0 spiro atoms. The minimum Gasteiger partial charge on any atom is -0.493 e. The molecular weight excluding hydrogens is 274 g/mol. The molecule has 0 bridgehead atoms. The molecule has 100 valence electrons. The van der Waals surface area contributed by atoms with Crippen molar-refractivity contribution in [3.63, 3.8) is 0 Å². The molecule has 18 heavy (non-hydrogen) atoms. The van der Waals surface area contributed by atoms with E-state index >= 15 is 0 Å². The standard InChI is InChI=1S/C12H16ClNO3S/c1-3-4-17-11-5-10(14(15)16)6-12(7-11)18-9(2)8-13/h5-7,9H,3-4,8H2,1-2H3. The predicted octanol–water partition coefficient (Wildman–Crippen LogP) is 4.10. The largest absolute Gasteiger partial charge is 0.493 e. The molecule has 0 aliphatic rings. The highest BCUT2D eigenvalue weighted by molar-refractivity contribution is 8.00. The van der Waals surface area contributed by atoms with Gasteiger partial charge in [0.1, 0.15) is 5.75 Å². The average molecular weight is 290 g/mol. The first-order valence-corrected chi connectivity index (χ1v) is 7.13. The molecule has 1 unspecified atom stereocenters. The zero-order valence-electron chi connectivity index (χ0n) is 10.4. The number of thioether (sulfide) groups is 1. The van der Waals surface area contributed by atoms with Crippen LogP contribution in [0.15, 0.2) is 23.1 Å². The highest BCUT2D eigenvalue weighted by Crippen LogP contribution is 2.31. The van der Waals surface area contributed by atoms with Crippen molar-refractivity contribution in [2.24, 2.45) is 0 Å². The molecule has 0 aliphatic carbocycles. The lowest BCUT2D eigenvalue weighted by Crippen LogP contribution is -1.99. The molecule has 0 fully saturated rings. The maximum atomic E-state index is 10.8. The van der Waals surface area contributed by atoms with Crippen molar-refractivity contribution in [3.8, 4) is 5.75 Å². The molecule has 0 aliphatic heterocycles. The van der Waals surface area contributed by atoms with Crippen molar-refractivity contribution in [1.29, 1.82) is 0 Å². The summed E-state index contributed by atoms with van der Waals surface area (Å²) < 4.78 is 5.45. The fourth-order valence-corrected chi connectivity index (χ4v) is 2.39. The molecule has 1 aromatic carbocycles. The van der Waals surface area contributed by atoms with Gasteiger partial charge in [-0.2, -0.15) is 0 Å². The van der Waals surface area contributed by atoms with Gasteiger partial charge in [0.05, 0.1) is 17.6 Å². The molecule has 0 aromatic heterocycles. The molecule has 1 aromatic rings. The Morgan fingerprint density at radius 2 is 2.22 bits per heavy atom. The van der Waals surface area contributed by atoms with Crippen LogP contribution in [0.1, 0.15) is 20.3 Å². The quantitative estimate of drug-likeness (QED) is 0.328. The molecule has 6 heteroatoms. The van der Waals surface area contributed by atoms with Crippen molar-refractivity contribution < 1.29 is 9.66 Å². The van der Waals surface area contributed by atoms with Gasteiger partial charge in [-0.15, -0.1) is 23.4 Å². The third-order valence-electron chi connectivity index (χ3n) is 2.10. The topological polar surface area (TPSA) is 52.4 Å². The number of alkyl halides is 1. The number of nitro groups is 1. The second kappa shape index (κ2) is 7.48. The van der Waals surface area contributed by atoms with E-state index in [2.05, 4.69) is 0 Å².